The SMILES string of the molecule is OC1CCN(Cc2ccc(NCC3CCCOC3)cc2)CC1. The molecule has 4 nitrogen and oxygen atoms in total. The third-order valence-corrected chi connectivity index (χ3v) is 4.77. The van der Waals surface area contributed by atoms with Crippen molar-refractivity contribution in [2.45, 2.75) is 38.3 Å². The van der Waals surface area contributed by atoms with E-state index in [1.54, 1.807) is 0 Å². The zero-order chi connectivity index (χ0) is 15.2. The molecule has 0 radical (unpaired) electrons. The monoisotopic (exact) mass is 304 g/mol. The molecule has 3 rings (SSSR count). The van der Waals surface area contributed by atoms with E-state index in [1.165, 1.54) is 24.1 Å². The minimum Gasteiger partial charge on any atom is -0.393 e. The molecule has 1 unspecified atom stereocenters. The number of anilines is 1. The third-order valence-electron chi connectivity index (χ3n) is 4.77. The van der Waals surface area contributed by atoms with Gasteiger partial charge < -0.3 is 15.2 Å². The zero-order valence-corrected chi connectivity index (χ0v) is 13.3. The summed E-state index contributed by atoms with van der Waals surface area (Å²) in [4.78, 5) is 2.43. The Morgan fingerprint density at radius 2 is 1.91 bits per heavy atom. The van der Waals surface area contributed by atoms with E-state index in [2.05, 4.69) is 34.5 Å². The van der Waals surface area contributed by atoms with Gasteiger partial charge in [0.1, 0.15) is 0 Å². The number of hydrogen-bond acceptors (Lipinski definition) is 4. The fraction of sp³-hybridized carbons (Fsp3) is 0.667. The van der Waals surface area contributed by atoms with E-state index >= 15 is 0 Å². The molecule has 2 aliphatic heterocycles. The zero-order valence-electron chi connectivity index (χ0n) is 13.3. The first-order valence-electron chi connectivity index (χ1n) is 8.60. The Morgan fingerprint density at radius 3 is 2.59 bits per heavy atom. The summed E-state index contributed by atoms with van der Waals surface area (Å²) in [5.74, 6) is 0.646. The van der Waals surface area contributed by atoms with Crippen LogP contribution in [0.2, 0.25) is 0 Å². The molecule has 1 aromatic rings. The van der Waals surface area contributed by atoms with Gasteiger partial charge in [-0.1, -0.05) is 12.1 Å². The number of aliphatic hydroxyl groups is 1. The minimum absolute atomic E-state index is 0.0911. The average molecular weight is 304 g/mol. The van der Waals surface area contributed by atoms with Gasteiger partial charge in [0.15, 0.2) is 0 Å². The molecule has 2 saturated heterocycles. The Balaban J connectivity index is 1.43. The topological polar surface area (TPSA) is 44.7 Å². The highest BCUT2D eigenvalue weighted by atomic mass is 16.5. The Labute approximate surface area is 133 Å². The lowest BCUT2D eigenvalue weighted by molar-refractivity contribution is 0.0595. The Kier molecular flexibility index (Phi) is 5.70. The van der Waals surface area contributed by atoms with Gasteiger partial charge in [-0.15, -0.1) is 0 Å². The number of likely N-dealkylation sites (tertiary alicyclic amines) is 1. The second-order valence-corrected chi connectivity index (χ2v) is 6.67. The van der Waals surface area contributed by atoms with Crippen LogP contribution in [0.15, 0.2) is 24.3 Å². The lowest BCUT2D eigenvalue weighted by Crippen LogP contribution is -2.35. The molecule has 22 heavy (non-hydrogen) atoms. The molecule has 0 amide bonds. The molecular formula is C18H28N2O2. The number of hydrogen-bond donors (Lipinski definition) is 2. The first-order chi connectivity index (χ1) is 10.8. The van der Waals surface area contributed by atoms with E-state index in [4.69, 9.17) is 4.74 Å². The molecule has 0 saturated carbocycles. The number of nitrogens with zero attached hydrogens (tertiary/aromatic N) is 1. The van der Waals surface area contributed by atoms with Crippen molar-refractivity contribution >= 4 is 5.69 Å². The van der Waals surface area contributed by atoms with E-state index < -0.39 is 0 Å². The number of benzene rings is 1. The van der Waals surface area contributed by atoms with Crippen LogP contribution in [-0.4, -0.2) is 49.0 Å². The van der Waals surface area contributed by atoms with Crippen LogP contribution in [-0.2, 0) is 11.3 Å². The second-order valence-electron chi connectivity index (χ2n) is 6.67. The summed E-state index contributed by atoms with van der Waals surface area (Å²) in [5, 5.41) is 13.1. The van der Waals surface area contributed by atoms with E-state index in [0.717, 1.165) is 52.2 Å². The lowest BCUT2D eigenvalue weighted by Gasteiger charge is -2.29. The highest BCUT2D eigenvalue weighted by Crippen LogP contribution is 2.18. The fourth-order valence-corrected chi connectivity index (χ4v) is 3.29. The van der Waals surface area contributed by atoms with Gasteiger partial charge in [0, 0.05) is 38.5 Å². The van der Waals surface area contributed by atoms with Crippen molar-refractivity contribution in [2.24, 2.45) is 5.92 Å². The van der Waals surface area contributed by atoms with Crippen molar-refractivity contribution in [3.05, 3.63) is 29.8 Å². The predicted molar refractivity (Wildman–Crippen MR) is 89.0 cm³/mol. The summed E-state index contributed by atoms with van der Waals surface area (Å²) in [7, 11) is 0. The number of piperidine rings is 1. The van der Waals surface area contributed by atoms with Crippen LogP contribution in [0.1, 0.15) is 31.2 Å². The normalized spacial score (nSPS) is 24.3. The van der Waals surface area contributed by atoms with E-state index in [1.807, 2.05) is 0 Å². The Bertz CT molecular complexity index is 435. The molecule has 1 atom stereocenters. The van der Waals surface area contributed by atoms with Gasteiger partial charge in [0.05, 0.1) is 12.7 Å². The second kappa shape index (κ2) is 7.95. The maximum absolute atomic E-state index is 9.55. The standard InChI is InChI=1S/C18H28N2O2/c21-18-7-9-20(10-8-18)13-15-3-5-17(6-4-15)19-12-16-2-1-11-22-14-16/h3-6,16,18-19,21H,1-2,7-14H2. The molecule has 0 bridgehead atoms. The summed E-state index contributed by atoms with van der Waals surface area (Å²) in [6, 6.07) is 8.78. The Hall–Kier alpha value is -1.10. The summed E-state index contributed by atoms with van der Waals surface area (Å²) in [6.45, 7) is 5.82. The van der Waals surface area contributed by atoms with Gasteiger partial charge in [-0.05, 0) is 49.3 Å². The van der Waals surface area contributed by atoms with Crippen LogP contribution in [0.4, 0.5) is 5.69 Å². The Morgan fingerprint density at radius 1 is 1.14 bits per heavy atom. The first-order valence-corrected chi connectivity index (χ1v) is 8.60. The van der Waals surface area contributed by atoms with Gasteiger partial charge >= 0.3 is 0 Å². The summed E-state index contributed by atoms with van der Waals surface area (Å²) in [6.07, 6.45) is 4.18. The number of rotatable bonds is 5. The van der Waals surface area contributed by atoms with E-state index in [0.29, 0.717) is 5.92 Å². The highest BCUT2D eigenvalue weighted by Gasteiger charge is 2.17. The van der Waals surface area contributed by atoms with Gasteiger partial charge in [-0.3, -0.25) is 4.90 Å². The maximum atomic E-state index is 9.55. The number of nitrogens with one attached hydrogen (secondary N) is 1. The van der Waals surface area contributed by atoms with Crippen molar-refractivity contribution in [2.75, 3.05) is 38.2 Å². The molecule has 2 fully saturated rings. The van der Waals surface area contributed by atoms with Crippen LogP contribution < -0.4 is 5.32 Å². The van der Waals surface area contributed by atoms with E-state index in [9.17, 15) is 5.11 Å². The van der Waals surface area contributed by atoms with Crippen molar-refractivity contribution in [1.29, 1.82) is 0 Å². The average Bonchev–Trinajstić information content (AvgIpc) is 2.57. The van der Waals surface area contributed by atoms with Crippen molar-refractivity contribution in [3.8, 4) is 0 Å². The van der Waals surface area contributed by atoms with Crippen LogP contribution >= 0.6 is 0 Å². The van der Waals surface area contributed by atoms with Crippen LogP contribution in [0.25, 0.3) is 0 Å². The summed E-state index contributed by atoms with van der Waals surface area (Å²) < 4.78 is 5.52. The smallest absolute Gasteiger partial charge is 0.0564 e. The highest BCUT2D eigenvalue weighted by molar-refractivity contribution is 5.44. The van der Waals surface area contributed by atoms with Gasteiger partial charge in [0.25, 0.3) is 0 Å². The largest absolute Gasteiger partial charge is 0.393 e. The minimum atomic E-state index is -0.0911. The lowest BCUT2D eigenvalue weighted by atomic mass is 10.0. The molecule has 1 aromatic carbocycles. The van der Waals surface area contributed by atoms with Crippen LogP contribution in [0.5, 0.6) is 0 Å². The molecule has 0 aromatic heterocycles. The predicted octanol–water partition coefficient (Wildman–Crippen LogP) is 2.48. The third kappa shape index (κ3) is 4.70. The first kappa shape index (κ1) is 15.8. The number of ether oxygens (including phenoxy) is 1. The number of aliphatic hydroxyl groups excluding tert-OH is 1. The molecule has 2 heterocycles. The van der Waals surface area contributed by atoms with E-state index in [-0.39, 0.29) is 6.10 Å². The van der Waals surface area contributed by atoms with Crippen LogP contribution in [0, 0.1) is 5.92 Å². The quantitative estimate of drug-likeness (QED) is 0.877. The molecule has 0 spiro atoms. The maximum Gasteiger partial charge on any atom is 0.0564 e. The molecule has 122 valence electrons. The van der Waals surface area contributed by atoms with Gasteiger partial charge in [-0.25, -0.2) is 0 Å². The van der Waals surface area contributed by atoms with Crippen molar-refractivity contribution in [3.63, 3.8) is 0 Å². The van der Waals surface area contributed by atoms with Gasteiger partial charge in [-0.2, -0.15) is 0 Å². The molecule has 2 N–H and O–H groups in total. The summed E-state index contributed by atoms with van der Waals surface area (Å²) >= 11 is 0. The van der Waals surface area contributed by atoms with Crippen molar-refractivity contribution in [1.82, 2.24) is 4.90 Å². The van der Waals surface area contributed by atoms with Gasteiger partial charge in [0.2, 0.25) is 0 Å². The fourth-order valence-electron chi connectivity index (χ4n) is 3.29. The molecular weight excluding hydrogens is 276 g/mol. The van der Waals surface area contributed by atoms with Crippen LogP contribution in [0.3, 0.4) is 0 Å². The summed E-state index contributed by atoms with van der Waals surface area (Å²) in [5.41, 5.74) is 2.55. The molecule has 0 aliphatic carbocycles. The molecule has 4 heteroatoms. The van der Waals surface area contributed by atoms with Crippen molar-refractivity contribution < 1.29 is 9.84 Å². The molecule has 2 aliphatic rings.